The van der Waals surface area contributed by atoms with Gasteiger partial charge in [-0.1, -0.05) is 35.9 Å². The number of ether oxygens (including phenoxy) is 1. The molecule has 152 valence electrons. The summed E-state index contributed by atoms with van der Waals surface area (Å²) in [6.07, 6.45) is 0.229. The summed E-state index contributed by atoms with van der Waals surface area (Å²) in [5.41, 5.74) is 1.28. The second-order valence-corrected chi connectivity index (χ2v) is 6.73. The van der Waals surface area contributed by atoms with Crippen molar-refractivity contribution in [3.05, 3.63) is 89.7 Å². The molecule has 0 aliphatic heterocycles. The lowest BCUT2D eigenvalue weighted by molar-refractivity contribution is -0.141. The monoisotopic (exact) mass is 430 g/mol. The van der Waals surface area contributed by atoms with Gasteiger partial charge in [0.25, 0.3) is 0 Å². The summed E-state index contributed by atoms with van der Waals surface area (Å²) in [6, 6.07) is 14.6. The van der Waals surface area contributed by atoms with Crippen LogP contribution in [0.2, 0.25) is 5.02 Å². The summed E-state index contributed by atoms with van der Waals surface area (Å²) in [6.45, 7) is -0.123. The topological polar surface area (TPSA) is 52.8 Å². The molecule has 2 aromatic heterocycles. The molecule has 0 saturated carbocycles. The highest BCUT2D eigenvalue weighted by molar-refractivity contribution is 6.32. The summed E-state index contributed by atoms with van der Waals surface area (Å²) < 4.78 is 46.5. The number of nitrogens with zero attached hydrogens (tertiary/aromatic N) is 4. The number of aromatic nitrogens is 4. The number of para-hydroxylation sites is 1. The van der Waals surface area contributed by atoms with Gasteiger partial charge in [0.05, 0.1) is 16.4 Å². The molecule has 0 amide bonds. The largest absolute Gasteiger partial charge is 0.487 e. The minimum Gasteiger partial charge on any atom is -0.487 e. The molecule has 9 heteroatoms. The maximum atomic E-state index is 13.2. The van der Waals surface area contributed by atoms with Crippen molar-refractivity contribution in [3.8, 4) is 22.6 Å². The molecule has 4 aromatic rings. The minimum absolute atomic E-state index is 0.123. The van der Waals surface area contributed by atoms with Crippen molar-refractivity contribution >= 4 is 11.6 Å². The molecule has 2 heterocycles. The first-order chi connectivity index (χ1) is 14.4. The van der Waals surface area contributed by atoms with Crippen LogP contribution in [0.4, 0.5) is 13.2 Å². The summed E-state index contributed by atoms with van der Waals surface area (Å²) >= 11 is 6.15. The van der Waals surface area contributed by atoms with E-state index in [2.05, 4.69) is 15.1 Å². The molecule has 5 nitrogen and oxygen atoms in total. The van der Waals surface area contributed by atoms with Crippen LogP contribution in [0, 0.1) is 0 Å². The van der Waals surface area contributed by atoms with E-state index in [1.165, 1.54) is 6.33 Å². The van der Waals surface area contributed by atoms with Crippen LogP contribution in [0.5, 0.6) is 5.75 Å². The van der Waals surface area contributed by atoms with E-state index < -0.39 is 11.9 Å². The molecule has 30 heavy (non-hydrogen) atoms. The van der Waals surface area contributed by atoms with Crippen LogP contribution in [-0.2, 0) is 12.8 Å². The molecule has 0 N–H and O–H groups in total. The standard InChI is InChI=1S/C21H14ClF3N4O/c22-18-3-1-2-4-19(18)29-16(9-20(28-29)21(23,24)25)12-30-17-7-5-14(6-8-17)15-10-26-13-27-11-15/h1-11,13H,12H2. The van der Waals surface area contributed by atoms with E-state index in [0.29, 0.717) is 11.4 Å². The Hall–Kier alpha value is -3.39. The van der Waals surface area contributed by atoms with E-state index in [0.717, 1.165) is 21.9 Å². The number of benzene rings is 2. The van der Waals surface area contributed by atoms with Crippen molar-refractivity contribution in [2.45, 2.75) is 12.8 Å². The van der Waals surface area contributed by atoms with Gasteiger partial charge in [-0.3, -0.25) is 0 Å². The van der Waals surface area contributed by atoms with E-state index >= 15 is 0 Å². The Kier molecular flexibility index (Phi) is 5.41. The second kappa shape index (κ2) is 8.16. The average molecular weight is 431 g/mol. The van der Waals surface area contributed by atoms with Crippen LogP contribution in [-0.4, -0.2) is 19.7 Å². The fraction of sp³-hybridized carbons (Fsp3) is 0.0952. The van der Waals surface area contributed by atoms with Crippen molar-refractivity contribution in [3.63, 3.8) is 0 Å². The molecule has 0 fully saturated rings. The predicted molar refractivity (Wildman–Crippen MR) is 105 cm³/mol. The van der Waals surface area contributed by atoms with Gasteiger partial charge in [-0.25, -0.2) is 14.6 Å². The molecule has 0 spiro atoms. The third-order valence-electron chi connectivity index (χ3n) is 4.29. The Labute approximate surface area is 174 Å². The number of alkyl halides is 3. The van der Waals surface area contributed by atoms with Gasteiger partial charge in [0, 0.05) is 18.0 Å². The molecular weight excluding hydrogens is 417 g/mol. The third kappa shape index (κ3) is 4.28. The van der Waals surface area contributed by atoms with E-state index in [-0.39, 0.29) is 17.3 Å². The van der Waals surface area contributed by atoms with Crippen LogP contribution >= 0.6 is 11.6 Å². The first kappa shape index (κ1) is 19.9. The molecular formula is C21H14ClF3N4O. The summed E-state index contributed by atoms with van der Waals surface area (Å²) in [7, 11) is 0. The molecule has 4 rings (SSSR count). The molecule has 0 aliphatic rings. The number of halogens is 4. The van der Waals surface area contributed by atoms with Gasteiger partial charge in [-0.15, -0.1) is 0 Å². The van der Waals surface area contributed by atoms with Crippen molar-refractivity contribution < 1.29 is 17.9 Å². The molecule has 0 atom stereocenters. The molecule has 0 radical (unpaired) electrons. The third-order valence-corrected chi connectivity index (χ3v) is 4.61. The average Bonchev–Trinajstić information content (AvgIpc) is 3.18. The lowest BCUT2D eigenvalue weighted by Crippen LogP contribution is -2.08. The van der Waals surface area contributed by atoms with Gasteiger partial charge < -0.3 is 4.74 Å². The van der Waals surface area contributed by atoms with E-state index in [4.69, 9.17) is 16.3 Å². The van der Waals surface area contributed by atoms with E-state index in [9.17, 15) is 13.2 Å². The van der Waals surface area contributed by atoms with Gasteiger partial charge in [0.15, 0.2) is 5.69 Å². The predicted octanol–water partition coefficient (Wildman–Crippen LogP) is 5.58. The SMILES string of the molecule is FC(F)(F)c1cc(COc2ccc(-c3cncnc3)cc2)n(-c2ccccc2Cl)n1. The Bertz CT molecular complexity index is 1150. The van der Waals surface area contributed by atoms with Crippen LogP contribution in [0.3, 0.4) is 0 Å². The first-order valence-electron chi connectivity index (χ1n) is 8.81. The summed E-state index contributed by atoms with van der Waals surface area (Å²) in [5, 5.41) is 3.97. The number of rotatable bonds is 5. The van der Waals surface area contributed by atoms with Gasteiger partial charge in [-0.2, -0.15) is 18.3 Å². The maximum Gasteiger partial charge on any atom is 0.435 e. The van der Waals surface area contributed by atoms with Crippen molar-refractivity contribution in [1.82, 2.24) is 19.7 Å². The van der Waals surface area contributed by atoms with Gasteiger partial charge in [0.2, 0.25) is 0 Å². The van der Waals surface area contributed by atoms with Crippen molar-refractivity contribution in [1.29, 1.82) is 0 Å². The number of hydrogen-bond acceptors (Lipinski definition) is 4. The summed E-state index contributed by atoms with van der Waals surface area (Å²) in [5.74, 6) is 0.496. The number of hydrogen-bond donors (Lipinski definition) is 0. The van der Waals surface area contributed by atoms with Crippen LogP contribution in [0.1, 0.15) is 11.4 Å². The lowest BCUT2D eigenvalue weighted by Gasteiger charge is -2.11. The second-order valence-electron chi connectivity index (χ2n) is 6.32. The van der Waals surface area contributed by atoms with Gasteiger partial charge in [0.1, 0.15) is 18.7 Å². The highest BCUT2D eigenvalue weighted by Crippen LogP contribution is 2.31. The highest BCUT2D eigenvalue weighted by atomic mass is 35.5. The van der Waals surface area contributed by atoms with Crippen molar-refractivity contribution in [2.24, 2.45) is 0 Å². The van der Waals surface area contributed by atoms with E-state index in [1.807, 2.05) is 12.1 Å². The summed E-state index contributed by atoms with van der Waals surface area (Å²) in [4.78, 5) is 7.94. The zero-order valence-corrected chi connectivity index (χ0v) is 16.1. The Morgan fingerprint density at radius 3 is 2.30 bits per heavy atom. The lowest BCUT2D eigenvalue weighted by atomic mass is 10.1. The molecule has 0 aliphatic carbocycles. The molecule has 2 aromatic carbocycles. The van der Waals surface area contributed by atoms with Crippen molar-refractivity contribution in [2.75, 3.05) is 0 Å². The first-order valence-corrected chi connectivity index (χ1v) is 9.19. The fourth-order valence-corrected chi connectivity index (χ4v) is 3.06. The quantitative estimate of drug-likeness (QED) is 0.414. The zero-order valence-electron chi connectivity index (χ0n) is 15.3. The molecule has 0 bridgehead atoms. The van der Waals surface area contributed by atoms with Gasteiger partial charge >= 0.3 is 6.18 Å². The zero-order chi connectivity index (χ0) is 21.1. The Balaban J connectivity index is 1.58. The van der Waals surface area contributed by atoms with Gasteiger partial charge in [-0.05, 0) is 35.9 Å². The van der Waals surface area contributed by atoms with E-state index in [1.54, 1.807) is 48.8 Å². The smallest absolute Gasteiger partial charge is 0.435 e. The maximum absolute atomic E-state index is 13.2. The normalized spacial score (nSPS) is 11.5. The minimum atomic E-state index is -4.58. The van der Waals surface area contributed by atoms with Crippen LogP contribution in [0.25, 0.3) is 16.8 Å². The van der Waals surface area contributed by atoms with Crippen LogP contribution in [0.15, 0.2) is 73.3 Å². The fourth-order valence-electron chi connectivity index (χ4n) is 2.84. The molecule has 0 unspecified atom stereocenters. The van der Waals surface area contributed by atoms with Crippen LogP contribution < -0.4 is 4.74 Å². The highest BCUT2D eigenvalue weighted by Gasteiger charge is 2.35. The molecule has 0 saturated heterocycles. The Morgan fingerprint density at radius 1 is 0.933 bits per heavy atom. The Morgan fingerprint density at radius 2 is 1.63 bits per heavy atom.